The van der Waals surface area contributed by atoms with E-state index in [4.69, 9.17) is 0 Å². The lowest BCUT2D eigenvalue weighted by atomic mass is 9.68. The van der Waals surface area contributed by atoms with E-state index in [1.807, 2.05) is 0 Å². The third-order valence-electron chi connectivity index (χ3n) is 3.90. The van der Waals surface area contributed by atoms with Crippen LogP contribution in [0.15, 0.2) is 30.3 Å². The zero-order valence-corrected chi connectivity index (χ0v) is 10.8. The van der Waals surface area contributed by atoms with Crippen LogP contribution in [0.4, 0.5) is 0 Å². The average molecular weight is 232 g/mol. The number of benzene rings is 1. The molecule has 1 aromatic rings. The van der Waals surface area contributed by atoms with Crippen molar-refractivity contribution in [2.24, 2.45) is 5.41 Å². The number of hydrogen-bond donors (Lipinski definition) is 2. The quantitative estimate of drug-likeness (QED) is 0.704. The molecule has 17 heavy (non-hydrogen) atoms. The highest BCUT2D eigenvalue weighted by molar-refractivity contribution is 5.14. The highest BCUT2D eigenvalue weighted by Crippen LogP contribution is 2.39. The Morgan fingerprint density at radius 1 is 1.12 bits per heavy atom. The van der Waals surface area contributed by atoms with E-state index in [1.165, 1.54) is 31.4 Å². The zero-order chi connectivity index (χ0) is 12.0. The van der Waals surface area contributed by atoms with Crippen molar-refractivity contribution in [3.63, 3.8) is 0 Å². The monoisotopic (exact) mass is 232 g/mol. The van der Waals surface area contributed by atoms with Crippen LogP contribution in [0.3, 0.4) is 0 Å². The minimum Gasteiger partial charge on any atom is -0.319 e. The largest absolute Gasteiger partial charge is 0.319 e. The lowest BCUT2D eigenvalue weighted by Gasteiger charge is -2.42. The van der Waals surface area contributed by atoms with Crippen LogP contribution in [0.1, 0.15) is 24.8 Å². The maximum atomic E-state index is 3.62. The number of hydrogen-bond acceptors (Lipinski definition) is 2. The minimum absolute atomic E-state index is 0.547. The maximum Gasteiger partial charge on any atom is 0.00201 e. The van der Waals surface area contributed by atoms with Gasteiger partial charge in [-0.05, 0) is 43.8 Å². The van der Waals surface area contributed by atoms with Crippen LogP contribution in [0.5, 0.6) is 0 Å². The zero-order valence-electron chi connectivity index (χ0n) is 10.8. The Morgan fingerprint density at radius 3 is 2.47 bits per heavy atom. The molecule has 0 atom stereocenters. The third kappa shape index (κ3) is 3.55. The molecule has 2 heteroatoms. The van der Waals surface area contributed by atoms with Crippen molar-refractivity contribution in [1.29, 1.82) is 0 Å². The Labute approximate surface area is 105 Å². The second-order valence-corrected chi connectivity index (χ2v) is 5.30. The first-order valence-electron chi connectivity index (χ1n) is 6.74. The lowest BCUT2D eigenvalue weighted by molar-refractivity contribution is 0.131. The minimum atomic E-state index is 0.547. The first-order valence-corrected chi connectivity index (χ1v) is 6.74. The molecule has 2 rings (SSSR count). The van der Waals surface area contributed by atoms with Gasteiger partial charge >= 0.3 is 0 Å². The van der Waals surface area contributed by atoms with Gasteiger partial charge in [-0.25, -0.2) is 0 Å². The molecule has 1 aliphatic carbocycles. The predicted octanol–water partition coefficient (Wildman–Crippen LogP) is 2.21. The molecular formula is C15H24N2. The van der Waals surface area contributed by atoms with Gasteiger partial charge in [-0.3, -0.25) is 0 Å². The van der Waals surface area contributed by atoms with E-state index in [-0.39, 0.29) is 0 Å². The van der Waals surface area contributed by atoms with Gasteiger partial charge in [0.1, 0.15) is 0 Å². The van der Waals surface area contributed by atoms with Crippen LogP contribution < -0.4 is 10.6 Å². The summed E-state index contributed by atoms with van der Waals surface area (Å²) in [5.74, 6) is 0. The van der Waals surface area contributed by atoms with Gasteiger partial charge in [-0.15, -0.1) is 0 Å². The van der Waals surface area contributed by atoms with E-state index in [0.717, 1.165) is 19.5 Å². The first-order chi connectivity index (χ1) is 8.35. The van der Waals surface area contributed by atoms with Gasteiger partial charge in [-0.1, -0.05) is 36.8 Å². The molecule has 0 unspecified atom stereocenters. The molecule has 0 saturated heterocycles. The third-order valence-corrected chi connectivity index (χ3v) is 3.90. The van der Waals surface area contributed by atoms with Gasteiger partial charge in [0.2, 0.25) is 0 Å². The number of rotatable bonds is 7. The molecule has 0 amide bonds. The summed E-state index contributed by atoms with van der Waals surface area (Å²) in [7, 11) is 2.06. The normalized spacial score (nSPS) is 17.7. The van der Waals surface area contributed by atoms with Crippen LogP contribution in [-0.4, -0.2) is 26.7 Å². The molecule has 94 valence electrons. The van der Waals surface area contributed by atoms with E-state index in [9.17, 15) is 0 Å². The number of nitrogens with one attached hydrogen (secondary N) is 2. The van der Waals surface area contributed by atoms with E-state index in [0.29, 0.717) is 5.41 Å². The molecule has 2 nitrogen and oxygen atoms in total. The predicted molar refractivity (Wildman–Crippen MR) is 73.2 cm³/mol. The van der Waals surface area contributed by atoms with E-state index < -0.39 is 0 Å². The Kier molecular flexibility index (Phi) is 4.57. The molecular weight excluding hydrogens is 208 g/mol. The van der Waals surface area contributed by atoms with E-state index in [1.54, 1.807) is 0 Å². The van der Waals surface area contributed by atoms with Gasteiger partial charge in [0.25, 0.3) is 0 Å². The SMILES string of the molecule is CNCC1(CNCCc2ccccc2)CCC1. The van der Waals surface area contributed by atoms with Gasteiger partial charge in [0.15, 0.2) is 0 Å². The highest BCUT2D eigenvalue weighted by Gasteiger charge is 2.35. The lowest BCUT2D eigenvalue weighted by Crippen LogP contribution is -2.46. The second kappa shape index (κ2) is 6.18. The van der Waals surface area contributed by atoms with Gasteiger partial charge in [0.05, 0.1) is 0 Å². The van der Waals surface area contributed by atoms with Crippen molar-refractivity contribution < 1.29 is 0 Å². The molecule has 0 bridgehead atoms. The van der Waals surface area contributed by atoms with Crippen LogP contribution in [0, 0.1) is 5.41 Å². The maximum absolute atomic E-state index is 3.62. The Hall–Kier alpha value is -0.860. The summed E-state index contributed by atoms with van der Waals surface area (Å²) in [5, 5.41) is 6.95. The first kappa shape index (κ1) is 12.6. The van der Waals surface area contributed by atoms with Crippen molar-refractivity contribution in [3.8, 4) is 0 Å². The molecule has 0 spiro atoms. The molecule has 1 fully saturated rings. The summed E-state index contributed by atoms with van der Waals surface area (Å²) in [6.07, 6.45) is 5.30. The van der Waals surface area contributed by atoms with Gasteiger partial charge in [-0.2, -0.15) is 0 Å². The fourth-order valence-electron chi connectivity index (χ4n) is 2.70. The van der Waals surface area contributed by atoms with Gasteiger partial charge < -0.3 is 10.6 Å². The Morgan fingerprint density at radius 2 is 1.88 bits per heavy atom. The smallest absolute Gasteiger partial charge is 0.00201 e. The molecule has 1 saturated carbocycles. The van der Waals surface area contributed by atoms with E-state index in [2.05, 4.69) is 48.0 Å². The second-order valence-electron chi connectivity index (χ2n) is 5.30. The molecule has 2 N–H and O–H groups in total. The fraction of sp³-hybridized carbons (Fsp3) is 0.600. The van der Waals surface area contributed by atoms with Crippen LogP contribution in [-0.2, 0) is 6.42 Å². The Balaban J connectivity index is 1.66. The molecule has 1 aliphatic rings. The summed E-state index contributed by atoms with van der Waals surface area (Å²) < 4.78 is 0. The average Bonchev–Trinajstić information content (AvgIpc) is 2.32. The van der Waals surface area contributed by atoms with Crippen molar-refractivity contribution in [2.75, 3.05) is 26.7 Å². The van der Waals surface area contributed by atoms with Crippen molar-refractivity contribution in [1.82, 2.24) is 10.6 Å². The fourth-order valence-corrected chi connectivity index (χ4v) is 2.70. The molecule has 1 aromatic carbocycles. The van der Waals surface area contributed by atoms with Crippen molar-refractivity contribution in [2.45, 2.75) is 25.7 Å². The van der Waals surface area contributed by atoms with Crippen molar-refractivity contribution >= 4 is 0 Å². The standard InChI is InChI=1S/C15H24N2/c1-16-12-15(9-5-10-15)13-17-11-8-14-6-3-2-4-7-14/h2-4,6-7,16-17H,5,8-13H2,1H3. The summed E-state index contributed by atoms with van der Waals surface area (Å²) in [4.78, 5) is 0. The van der Waals surface area contributed by atoms with Crippen molar-refractivity contribution in [3.05, 3.63) is 35.9 Å². The van der Waals surface area contributed by atoms with Crippen LogP contribution in [0.25, 0.3) is 0 Å². The molecule has 0 heterocycles. The molecule has 0 aliphatic heterocycles. The molecule has 0 aromatic heterocycles. The highest BCUT2D eigenvalue weighted by atomic mass is 14.9. The summed E-state index contributed by atoms with van der Waals surface area (Å²) >= 11 is 0. The Bertz CT molecular complexity index is 317. The molecule has 0 radical (unpaired) electrons. The van der Waals surface area contributed by atoms with E-state index >= 15 is 0 Å². The van der Waals surface area contributed by atoms with Gasteiger partial charge in [0, 0.05) is 13.1 Å². The van der Waals surface area contributed by atoms with Crippen LogP contribution >= 0.6 is 0 Å². The topological polar surface area (TPSA) is 24.1 Å². The summed E-state index contributed by atoms with van der Waals surface area (Å²) in [5.41, 5.74) is 1.97. The summed E-state index contributed by atoms with van der Waals surface area (Å²) in [6, 6.07) is 10.7. The van der Waals surface area contributed by atoms with Crippen LogP contribution in [0.2, 0.25) is 0 Å². The summed E-state index contributed by atoms with van der Waals surface area (Å²) in [6.45, 7) is 3.42.